The Morgan fingerprint density at radius 3 is 0.964 bits per heavy atom. The summed E-state index contributed by atoms with van der Waals surface area (Å²) in [4.78, 5) is 31.2. The van der Waals surface area contributed by atoms with Crippen molar-refractivity contribution in [2.45, 2.75) is 19.3 Å². The number of fused-ring (bicyclic) bond motifs is 9. The quantitative estimate of drug-likeness (QED) is 0.0699. The van der Waals surface area contributed by atoms with Gasteiger partial charge in [0.25, 0.3) is 0 Å². The minimum absolute atomic E-state index is 0.829. The Balaban J connectivity index is 0.826. The van der Waals surface area contributed by atoms with Crippen molar-refractivity contribution in [3.05, 3.63) is 128 Å². The van der Waals surface area contributed by atoms with E-state index in [2.05, 4.69) is 127 Å². The molecule has 0 fully saturated rings. The molecule has 0 atom stereocenters. The first-order chi connectivity index (χ1) is 27.2. The van der Waals surface area contributed by atoms with Gasteiger partial charge >= 0.3 is 0 Å². The average molecular weight is 723 g/mol. The number of pyridine rings is 6. The van der Waals surface area contributed by atoms with Crippen molar-refractivity contribution >= 4 is 82.9 Å². The van der Waals surface area contributed by atoms with Crippen LogP contribution in [0.4, 0.5) is 17.5 Å². The molecule has 0 saturated carbocycles. The Bertz CT molecular complexity index is 2470. The highest BCUT2D eigenvalue weighted by Gasteiger charge is 2.10. The molecule has 3 N–H and O–H groups in total. The Morgan fingerprint density at radius 1 is 0.345 bits per heavy atom. The Hall–Kier alpha value is -6.52. The number of nitrogens with zero attached hydrogens (tertiary/aromatic N) is 7. The van der Waals surface area contributed by atoms with E-state index >= 15 is 0 Å². The predicted molar refractivity (Wildman–Crippen MR) is 227 cm³/mol. The van der Waals surface area contributed by atoms with E-state index in [4.69, 9.17) is 15.0 Å². The van der Waals surface area contributed by atoms with Crippen LogP contribution >= 0.6 is 0 Å². The Labute approximate surface area is 319 Å². The standard InChI is InChI=1S/C45H42N10/c1-7-31-10-13-34-16-19-37(52-43(34)40(31)49-22-1)46-25-4-28-55(29-5-26-47-38-20-17-35-14-11-32-8-2-23-50-41(32)44(35)53-38)30-6-27-48-39-21-18-36-15-12-33-9-3-24-51-42(33)45(36)54-39/h1-3,7-24H,4-6,25-30H2,(H,46,52)(H,47,53)(H,48,54). The molecule has 0 aliphatic heterocycles. The molecule has 0 amide bonds. The van der Waals surface area contributed by atoms with Gasteiger partial charge in [0.05, 0.1) is 33.1 Å². The van der Waals surface area contributed by atoms with Crippen LogP contribution in [0.15, 0.2) is 128 Å². The lowest BCUT2D eigenvalue weighted by Gasteiger charge is -2.23. The highest BCUT2D eigenvalue weighted by Crippen LogP contribution is 2.26. The van der Waals surface area contributed by atoms with E-state index in [1.165, 1.54) is 0 Å². The average Bonchev–Trinajstić information content (AvgIpc) is 3.24. The summed E-state index contributed by atoms with van der Waals surface area (Å²) in [6.07, 6.45) is 8.47. The summed E-state index contributed by atoms with van der Waals surface area (Å²) in [5.74, 6) is 2.63. The van der Waals surface area contributed by atoms with Crippen molar-refractivity contribution < 1.29 is 0 Å². The van der Waals surface area contributed by atoms with Gasteiger partial charge in [-0.1, -0.05) is 54.6 Å². The topological polar surface area (TPSA) is 117 Å². The van der Waals surface area contributed by atoms with Crippen LogP contribution in [0.25, 0.3) is 65.4 Å². The van der Waals surface area contributed by atoms with Crippen molar-refractivity contribution in [3.8, 4) is 0 Å². The molecule has 6 aromatic heterocycles. The number of benzene rings is 3. The maximum absolute atomic E-state index is 4.95. The SMILES string of the molecule is c1cnc2c(c1)ccc1ccc(NCCCN(CCCNc3ccc4ccc5cccnc5c4n3)CCCNc3ccc4ccc5cccnc5c4n3)nc12. The molecule has 0 saturated heterocycles. The first kappa shape index (κ1) is 34.3. The lowest BCUT2D eigenvalue weighted by molar-refractivity contribution is 0.271. The molecule has 272 valence electrons. The van der Waals surface area contributed by atoms with Gasteiger partial charge in [-0.3, -0.25) is 15.0 Å². The molecule has 9 aromatic rings. The third-order valence-corrected chi connectivity index (χ3v) is 10.2. The van der Waals surface area contributed by atoms with Crippen LogP contribution in [0.1, 0.15) is 19.3 Å². The molecule has 0 bridgehead atoms. The summed E-state index contributed by atoms with van der Waals surface area (Å²) in [5.41, 5.74) is 5.60. The summed E-state index contributed by atoms with van der Waals surface area (Å²) >= 11 is 0. The molecule has 10 nitrogen and oxygen atoms in total. The van der Waals surface area contributed by atoms with Gasteiger partial charge in [0.1, 0.15) is 17.5 Å². The zero-order valence-electron chi connectivity index (χ0n) is 30.6. The number of hydrogen-bond donors (Lipinski definition) is 3. The van der Waals surface area contributed by atoms with Gasteiger partial charge in [0.15, 0.2) is 0 Å². The van der Waals surface area contributed by atoms with E-state index in [-0.39, 0.29) is 0 Å². The van der Waals surface area contributed by atoms with E-state index in [1.54, 1.807) is 0 Å². The molecular weight excluding hydrogens is 681 g/mol. The molecule has 9 rings (SSSR count). The molecule has 10 heteroatoms. The summed E-state index contributed by atoms with van der Waals surface area (Å²) in [6.45, 7) is 5.41. The van der Waals surface area contributed by atoms with Gasteiger partial charge in [-0.25, -0.2) is 15.0 Å². The van der Waals surface area contributed by atoms with Gasteiger partial charge in [0, 0.05) is 70.5 Å². The van der Waals surface area contributed by atoms with Crippen LogP contribution in [0.3, 0.4) is 0 Å². The van der Waals surface area contributed by atoms with E-state index in [0.717, 1.165) is 141 Å². The zero-order chi connectivity index (χ0) is 36.8. The second-order valence-electron chi connectivity index (χ2n) is 13.9. The number of nitrogens with one attached hydrogen (secondary N) is 3. The molecule has 0 unspecified atom stereocenters. The van der Waals surface area contributed by atoms with Crippen LogP contribution in [0.5, 0.6) is 0 Å². The van der Waals surface area contributed by atoms with Gasteiger partial charge in [-0.15, -0.1) is 0 Å². The molecular formula is C45H42N10. The van der Waals surface area contributed by atoms with Crippen molar-refractivity contribution in [1.29, 1.82) is 0 Å². The third-order valence-electron chi connectivity index (χ3n) is 10.2. The number of hydrogen-bond acceptors (Lipinski definition) is 10. The van der Waals surface area contributed by atoms with Gasteiger partial charge in [-0.2, -0.15) is 0 Å². The van der Waals surface area contributed by atoms with E-state index in [9.17, 15) is 0 Å². The Kier molecular flexibility index (Phi) is 9.87. The fourth-order valence-corrected chi connectivity index (χ4v) is 7.36. The van der Waals surface area contributed by atoms with Gasteiger partial charge < -0.3 is 20.9 Å². The second kappa shape index (κ2) is 15.8. The lowest BCUT2D eigenvalue weighted by atomic mass is 10.1. The van der Waals surface area contributed by atoms with Crippen molar-refractivity contribution in [3.63, 3.8) is 0 Å². The minimum Gasteiger partial charge on any atom is -0.370 e. The maximum Gasteiger partial charge on any atom is 0.126 e. The first-order valence-electron chi connectivity index (χ1n) is 19.1. The predicted octanol–water partition coefficient (Wildman–Crippen LogP) is 9.08. The Morgan fingerprint density at radius 2 is 0.636 bits per heavy atom. The minimum atomic E-state index is 0.829. The van der Waals surface area contributed by atoms with E-state index in [1.807, 2.05) is 36.8 Å². The van der Waals surface area contributed by atoms with Crippen LogP contribution in [-0.2, 0) is 0 Å². The van der Waals surface area contributed by atoms with Crippen LogP contribution in [0.2, 0.25) is 0 Å². The monoisotopic (exact) mass is 722 g/mol. The van der Waals surface area contributed by atoms with Crippen molar-refractivity contribution in [2.75, 3.05) is 55.2 Å². The summed E-state index contributed by atoms with van der Waals surface area (Å²) in [5, 5.41) is 17.3. The summed E-state index contributed by atoms with van der Waals surface area (Å²) < 4.78 is 0. The van der Waals surface area contributed by atoms with Crippen molar-refractivity contribution in [1.82, 2.24) is 34.8 Å². The lowest BCUT2D eigenvalue weighted by Crippen LogP contribution is -2.30. The maximum atomic E-state index is 4.95. The van der Waals surface area contributed by atoms with Crippen LogP contribution < -0.4 is 16.0 Å². The zero-order valence-corrected chi connectivity index (χ0v) is 30.6. The molecule has 6 heterocycles. The molecule has 0 spiro atoms. The second-order valence-corrected chi connectivity index (χ2v) is 13.9. The largest absolute Gasteiger partial charge is 0.370 e. The molecule has 0 aliphatic rings. The molecule has 0 aliphatic carbocycles. The highest BCUT2D eigenvalue weighted by atomic mass is 15.1. The van der Waals surface area contributed by atoms with Gasteiger partial charge in [0.2, 0.25) is 0 Å². The summed E-state index contributed by atoms with van der Waals surface area (Å²) in [6, 6.07) is 37.4. The molecule has 0 radical (unpaired) electrons. The third kappa shape index (κ3) is 7.63. The van der Waals surface area contributed by atoms with Crippen LogP contribution in [-0.4, -0.2) is 74.1 Å². The molecule has 3 aromatic carbocycles. The fraction of sp³-hybridized carbons (Fsp3) is 0.200. The van der Waals surface area contributed by atoms with Crippen molar-refractivity contribution in [2.24, 2.45) is 0 Å². The highest BCUT2D eigenvalue weighted by molar-refractivity contribution is 6.04. The number of anilines is 3. The fourth-order valence-electron chi connectivity index (χ4n) is 7.36. The van der Waals surface area contributed by atoms with Gasteiger partial charge in [-0.05, 0) is 93.5 Å². The number of aromatic nitrogens is 6. The smallest absolute Gasteiger partial charge is 0.126 e. The summed E-state index contributed by atoms with van der Waals surface area (Å²) in [7, 11) is 0. The number of rotatable bonds is 15. The molecule has 55 heavy (non-hydrogen) atoms. The van der Waals surface area contributed by atoms with Crippen LogP contribution in [0, 0.1) is 0 Å². The first-order valence-corrected chi connectivity index (χ1v) is 19.1. The van der Waals surface area contributed by atoms with E-state index < -0.39 is 0 Å². The van der Waals surface area contributed by atoms with E-state index in [0.29, 0.717) is 0 Å². The normalized spacial score (nSPS) is 11.7.